The van der Waals surface area contributed by atoms with Crippen LogP contribution in [-0.2, 0) is 0 Å². The van der Waals surface area contributed by atoms with E-state index in [1.807, 2.05) is 44.2 Å². The lowest BCUT2D eigenvalue weighted by Crippen LogP contribution is -1.94. The zero-order chi connectivity index (χ0) is 13.1. The van der Waals surface area contributed by atoms with E-state index in [1.165, 1.54) is 0 Å². The molecule has 0 saturated heterocycles. The van der Waals surface area contributed by atoms with Crippen LogP contribution >= 0.6 is 0 Å². The Kier molecular flexibility index (Phi) is 3.38. The number of hydrogen-bond acceptors (Lipinski definition) is 2. The van der Waals surface area contributed by atoms with Crippen LogP contribution < -0.4 is 4.74 Å². The van der Waals surface area contributed by atoms with E-state index in [4.69, 9.17) is 4.74 Å². The zero-order valence-corrected chi connectivity index (χ0v) is 10.6. The number of phenolic OH excluding ortho intramolecular Hbond substituents is 1. The van der Waals surface area contributed by atoms with Gasteiger partial charge in [-0.1, -0.05) is 30.9 Å². The van der Waals surface area contributed by atoms with Crippen LogP contribution in [0, 0.1) is 13.8 Å². The second kappa shape index (κ2) is 4.96. The molecule has 0 aromatic heterocycles. The molecule has 0 bridgehead atoms. The van der Waals surface area contributed by atoms with Crippen LogP contribution in [0.5, 0.6) is 17.2 Å². The summed E-state index contributed by atoms with van der Waals surface area (Å²) in [6.45, 7) is 7.56. The van der Waals surface area contributed by atoms with E-state index in [-0.39, 0.29) is 5.75 Å². The summed E-state index contributed by atoms with van der Waals surface area (Å²) in [5, 5.41) is 9.86. The van der Waals surface area contributed by atoms with Crippen LogP contribution in [0.25, 0.3) is 6.08 Å². The van der Waals surface area contributed by atoms with Gasteiger partial charge < -0.3 is 9.84 Å². The number of aromatic hydroxyl groups is 1. The van der Waals surface area contributed by atoms with E-state index in [0.29, 0.717) is 5.75 Å². The summed E-state index contributed by atoms with van der Waals surface area (Å²) in [6.07, 6.45) is 1.75. The second-order valence-electron chi connectivity index (χ2n) is 4.20. The minimum Gasteiger partial charge on any atom is -0.508 e. The van der Waals surface area contributed by atoms with Gasteiger partial charge in [0.25, 0.3) is 0 Å². The van der Waals surface area contributed by atoms with E-state index in [1.54, 1.807) is 12.1 Å². The summed E-state index contributed by atoms with van der Waals surface area (Å²) >= 11 is 0. The highest BCUT2D eigenvalue weighted by atomic mass is 16.5. The molecule has 0 saturated carbocycles. The van der Waals surface area contributed by atoms with Crippen molar-refractivity contribution in [1.29, 1.82) is 0 Å². The van der Waals surface area contributed by atoms with Crippen LogP contribution in [-0.4, -0.2) is 5.11 Å². The maximum atomic E-state index is 9.86. The summed E-state index contributed by atoms with van der Waals surface area (Å²) in [4.78, 5) is 0. The van der Waals surface area contributed by atoms with E-state index < -0.39 is 0 Å². The molecule has 2 heteroatoms. The molecule has 0 atom stereocenters. The van der Waals surface area contributed by atoms with E-state index in [0.717, 1.165) is 22.4 Å². The Hall–Kier alpha value is -2.22. The summed E-state index contributed by atoms with van der Waals surface area (Å²) < 4.78 is 5.86. The lowest BCUT2D eigenvalue weighted by atomic mass is 10.0. The molecule has 2 aromatic carbocycles. The Bertz CT molecular complexity index is 571. The van der Waals surface area contributed by atoms with Gasteiger partial charge in [-0.2, -0.15) is 0 Å². The maximum absolute atomic E-state index is 9.86. The molecule has 0 heterocycles. The summed E-state index contributed by atoms with van der Waals surface area (Å²) in [5.74, 6) is 1.64. The SMILES string of the molecule is C=Cc1c(C)cc(O)c(C)c1Oc1ccccc1. The van der Waals surface area contributed by atoms with Crippen molar-refractivity contribution in [2.24, 2.45) is 0 Å². The number of phenols is 1. The van der Waals surface area contributed by atoms with Gasteiger partial charge in [-0.15, -0.1) is 0 Å². The summed E-state index contributed by atoms with van der Waals surface area (Å²) in [6, 6.07) is 11.2. The molecule has 1 N–H and O–H groups in total. The molecule has 0 aliphatic rings. The van der Waals surface area contributed by atoms with Crippen molar-refractivity contribution >= 4 is 6.08 Å². The van der Waals surface area contributed by atoms with Crippen molar-refractivity contribution in [3.05, 3.63) is 59.7 Å². The quantitative estimate of drug-likeness (QED) is 0.859. The monoisotopic (exact) mass is 240 g/mol. The van der Waals surface area contributed by atoms with Gasteiger partial charge in [0.1, 0.15) is 17.2 Å². The summed E-state index contributed by atoms with van der Waals surface area (Å²) in [7, 11) is 0. The van der Waals surface area contributed by atoms with Gasteiger partial charge in [0, 0.05) is 11.1 Å². The number of rotatable bonds is 3. The van der Waals surface area contributed by atoms with Crippen LogP contribution in [0.1, 0.15) is 16.7 Å². The van der Waals surface area contributed by atoms with Gasteiger partial charge in [0.15, 0.2) is 0 Å². The second-order valence-corrected chi connectivity index (χ2v) is 4.20. The van der Waals surface area contributed by atoms with Crippen molar-refractivity contribution in [3.63, 3.8) is 0 Å². The van der Waals surface area contributed by atoms with Crippen molar-refractivity contribution in [2.75, 3.05) is 0 Å². The standard InChI is InChI=1S/C16H16O2/c1-4-14-11(2)10-15(17)12(3)16(14)18-13-8-6-5-7-9-13/h4-10,17H,1H2,2-3H3. The molecule has 2 nitrogen and oxygen atoms in total. The molecular formula is C16H16O2. The Morgan fingerprint density at radius 1 is 1.17 bits per heavy atom. The fourth-order valence-corrected chi connectivity index (χ4v) is 1.88. The first-order valence-corrected chi connectivity index (χ1v) is 5.82. The molecule has 2 aromatic rings. The largest absolute Gasteiger partial charge is 0.508 e. The third kappa shape index (κ3) is 2.23. The molecule has 0 spiro atoms. The van der Waals surface area contributed by atoms with E-state index >= 15 is 0 Å². The molecule has 0 fully saturated rings. The van der Waals surface area contributed by atoms with E-state index in [2.05, 4.69) is 6.58 Å². The van der Waals surface area contributed by atoms with Gasteiger partial charge in [-0.25, -0.2) is 0 Å². The number of aryl methyl sites for hydroxylation is 1. The van der Waals surface area contributed by atoms with Gasteiger partial charge in [-0.05, 0) is 37.6 Å². The van der Waals surface area contributed by atoms with Gasteiger partial charge in [0.05, 0.1) is 0 Å². The normalized spacial score (nSPS) is 10.1. The first-order valence-electron chi connectivity index (χ1n) is 5.82. The topological polar surface area (TPSA) is 29.5 Å². The van der Waals surface area contributed by atoms with Gasteiger partial charge in [0.2, 0.25) is 0 Å². The average Bonchev–Trinajstić information content (AvgIpc) is 2.37. The smallest absolute Gasteiger partial charge is 0.141 e. The molecule has 92 valence electrons. The predicted octanol–water partition coefficient (Wildman–Crippen LogP) is 4.44. The van der Waals surface area contributed by atoms with Crippen LogP contribution in [0.2, 0.25) is 0 Å². The molecule has 0 amide bonds. The van der Waals surface area contributed by atoms with Crippen molar-refractivity contribution in [1.82, 2.24) is 0 Å². The third-order valence-electron chi connectivity index (χ3n) is 2.91. The minimum atomic E-state index is 0.240. The molecule has 2 rings (SSSR count). The fourth-order valence-electron chi connectivity index (χ4n) is 1.88. The molecular weight excluding hydrogens is 224 g/mol. The molecule has 0 aliphatic heterocycles. The zero-order valence-electron chi connectivity index (χ0n) is 10.6. The number of para-hydroxylation sites is 1. The van der Waals surface area contributed by atoms with Gasteiger partial charge in [-0.3, -0.25) is 0 Å². The minimum absolute atomic E-state index is 0.240. The predicted molar refractivity (Wildman–Crippen MR) is 74.2 cm³/mol. The molecule has 0 radical (unpaired) electrons. The summed E-state index contributed by atoms with van der Waals surface area (Å²) in [5.41, 5.74) is 2.58. The fraction of sp³-hybridized carbons (Fsp3) is 0.125. The Morgan fingerprint density at radius 2 is 1.83 bits per heavy atom. The Labute approximate surface area is 107 Å². The molecule has 0 unspecified atom stereocenters. The molecule has 0 aliphatic carbocycles. The van der Waals surface area contributed by atoms with Crippen LogP contribution in [0.4, 0.5) is 0 Å². The van der Waals surface area contributed by atoms with Crippen LogP contribution in [0.15, 0.2) is 43.0 Å². The lowest BCUT2D eigenvalue weighted by molar-refractivity contribution is 0.447. The first kappa shape index (κ1) is 12.2. The number of hydrogen-bond donors (Lipinski definition) is 1. The first-order chi connectivity index (χ1) is 8.63. The van der Waals surface area contributed by atoms with Gasteiger partial charge >= 0.3 is 0 Å². The maximum Gasteiger partial charge on any atom is 0.141 e. The van der Waals surface area contributed by atoms with Crippen molar-refractivity contribution in [3.8, 4) is 17.2 Å². The Morgan fingerprint density at radius 3 is 2.44 bits per heavy atom. The highest BCUT2D eigenvalue weighted by molar-refractivity contribution is 5.66. The van der Waals surface area contributed by atoms with Crippen LogP contribution in [0.3, 0.4) is 0 Å². The van der Waals surface area contributed by atoms with E-state index in [9.17, 15) is 5.11 Å². The van der Waals surface area contributed by atoms with Crippen molar-refractivity contribution < 1.29 is 9.84 Å². The highest BCUT2D eigenvalue weighted by Crippen LogP contribution is 2.37. The lowest BCUT2D eigenvalue weighted by Gasteiger charge is -2.15. The number of benzene rings is 2. The number of ether oxygens (including phenoxy) is 1. The third-order valence-corrected chi connectivity index (χ3v) is 2.91. The van der Waals surface area contributed by atoms with Crippen molar-refractivity contribution in [2.45, 2.75) is 13.8 Å². The highest BCUT2D eigenvalue weighted by Gasteiger charge is 2.13. The molecule has 18 heavy (non-hydrogen) atoms. The Balaban J connectivity index is 2.52. The average molecular weight is 240 g/mol.